The van der Waals surface area contributed by atoms with Crippen LogP contribution in [0.4, 0.5) is 0 Å². The molecule has 0 N–H and O–H groups in total. The Balaban J connectivity index is 1.96. The third kappa shape index (κ3) is 2.24. The van der Waals surface area contributed by atoms with E-state index in [-0.39, 0.29) is 0 Å². The summed E-state index contributed by atoms with van der Waals surface area (Å²) in [6, 6.07) is 0. The Morgan fingerprint density at radius 2 is 2.08 bits per heavy atom. The molecule has 0 aromatic heterocycles. The molecule has 0 saturated carbocycles. The van der Waals surface area contributed by atoms with Gasteiger partial charge >= 0.3 is 0 Å². The SMILES string of the molecule is CC1CC=C(C2CC=CCC2)CC1. The van der Waals surface area contributed by atoms with Crippen LogP contribution in [-0.2, 0) is 0 Å². The van der Waals surface area contributed by atoms with E-state index in [1.807, 2.05) is 0 Å². The summed E-state index contributed by atoms with van der Waals surface area (Å²) in [4.78, 5) is 0. The second-order valence-electron chi connectivity index (χ2n) is 4.64. The van der Waals surface area contributed by atoms with Gasteiger partial charge in [-0.2, -0.15) is 0 Å². The lowest BCUT2D eigenvalue weighted by Gasteiger charge is -2.26. The highest BCUT2D eigenvalue weighted by atomic mass is 14.2. The molecule has 13 heavy (non-hydrogen) atoms. The van der Waals surface area contributed by atoms with Gasteiger partial charge in [-0.3, -0.25) is 0 Å². The lowest BCUT2D eigenvalue weighted by molar-refractivity contribution is 0.454. The van der Waals surface area contributed by atoms with E-state index in [1.54, 1.807) is 5.57 Å². The maximum absolute atomic E-state index is 2.53. The molecule has 0 saturated heterocycles. The van der Waals surface area contributed by atoms with Crippen molar-refractivity contribution in [1.29, 1.82) is 0 Å². The van der Waals surface area contributed by atoms with E-state index in [0.717, 1.165) is 11.8 Å². The topological polar surface area (TPSA) is 0 Å². The molecule has 0 fully saturated rings. The summed E-state index contributed by atoms with van der Waals surface area (Å²) >= 11 is 0. The van der Waals surface area contributed by atoms with Crippen LogP contribution in [-0.4, -0.2) is 0 Å². The molecule has 0 aliphatic heterocycles. The van der Waals surface area contributed by atoms with E-state index in [1.165, 1.54) is 38.5 Å². The largest absolute Gasteiger partial charge is 0.0885 e. The van der Waals surface area contributed by atoms with Gasteiger partial charge < -0.3 is 0 Å². The highest BCUT2D eigenvalue weighted by Gasteiger charge is 2.18. The van der Waals surface area contributed by atoms with Crippen molar-refractivity contribution in [2.24, 2.45) is 11.8 Å². The average Bonchev–Trinajstić information content (AvgIpc) is 2.20. The molecule has 2 unspecified atom stereocenters. The number of hydrogen-bond donors (Lipinski definition) is 0. The molecule has 0 aromatic carbocycles. The van der Waals surface area contributed by atoms with Crippen molar-refractivity contribution < 1.29 is 0 Å². The Labute approximate surface area is 81.7 Å². The van der Waals surface area contributed by atoms with Gasteiger partial charge in [0.05, 0.1) is 0 Å². The Hall–Kier alpha value is -0.520. The predicted molar refractivity (Wildman–Crippen MR) is 57.6 cm³/mol. The number of allylic oxidation sites excluding steroid dienone is 4. The number of rotatable bonds is 1. The third-order valence-corrected chi connectivity index (χ3v) is 3.50. The molecule has 2 rings (SSSR count). The van der Waals surface area contributed by atoms with Crippen LogP contribution in [0.5, 0.6) is 0 Å². The quantitative estimate of drug-likeness (QED) is 0.528. The number of hydrogen-bond acceptors (Lipinski definition) is 0. The third-order valence-electron chi connectivity index (χ3n) is 3.50. The fourth-order valence-corrected chi connectivity index (χ4v) is 2.49. The molecule has 0 radical (unpaired) electrons. The first kappa shape index (κ1) is 9.05. The van der Waals surface area contributed by atoms with Gasteiger partial charge in [-0.05, 0) is 50.4 Å². The zero-order chi connectivity index (χ0) is 9.10. The first-order valence-corrected chi connectivity index (χ1v) is 5.70. The minimum absolute atomic E-state index is 0.900. The van der Waals surface area contributed by atoms with Crippen LogP contribution >= 0.6 is 0 Å². The Kier molecular flexibility index (Phi) is 2.87. The minimum Gasteiger partial charge on any atom is -0.0885 e. The second kappa shape index (κ2) is 4.13. The molecule has 2 atom stereocenters. The summed E-state index contributed by atoms with van der Waals surface area (Å²) in [6.45, 7) is 2.37. The maximum atomic E-state index is 2.53. The van der Waals surface area contributed by atoms with Crippen LogP contribution in [0.2, 0.25) is 0 Å². The molecular weight excluding hydrogens is 156 g/mol. The summed E-state index contributed by atoms with van der Waals surface area (Å²) in [6.07, 6.45) is 15.4. The van der Waals surface area contributed by atoms with E-state index in [2.05, 4.69) is 25.2 Å². The predicted octanol–water partition coefficient (Wildman–Crippen LogP) is 4.09. The van der Waals surface area contributed by atoms with Crippen LogP contribution in [0.3, 0.4) is 0 Å². The fourth-order valence-electron chi connectivity index (χ4n) is 2.49. The lowest BCUT2D eigenvalue weighted by Crippen LogP contribution is -2.11. The molecule has 0 heterocycles. The van der Waals surface area contributed by atoms with Gasteiger partial charge in [-0.25, -0.2) is 0 Å². The van der Waals surface area contributed by atoms with Gasteiger partial charge in [0.15, 0.2) is 0 Å². The van der Waals surface area contributed by atoms with E-state index in [4.69, 9.17) is 0 Å². The van der Waals surface area contributed by atoms with Crippen molar-refractivity contribution in [3.63, 3.8) is 0 Å². The Bertz CT molecular complexity index is 222. The molecule has 0 bridgehead atoms. The van der Waals surface area contributed by atoms with Crippen LogP contribution in [0.1, 0.15) is 45.4 Å². The van der Waals surface area contributed by atoms with Gasteiger partial charge in [0.2, 0.25) is 0 Å². The molecule has 0 spiro atoms. The molecule has 0 aromatic rings. The van der Waals surface area contributed by atoms with Crippen molar-refractivity contribution >= 4 is 0 Å². The highest BCUT2D eigenvalue weighted by molar-refractivity contribution is 5.13. The van der Waals surface area contributed by atoms with E-state index in [9.17, 15) is 0 Å². The van der Waals surface area contributed by atoms with Crippen molar-refractivity contribution in [2.75, 3.05) is 0 Å². The molecule has 0 heteroatoms. The molecular formula is C13H20. The van der Waals surface area contributed by atoms with Crippen LogP contribution < -0.4 is 0 Å². The zero-order valence-corrected chi connectivity index (χ0v) is 8.63. The summed E-state index contributed by atoms with van der Waals surface area (Å²) in [5.41, 5.74) is 1.77. The maximum Gasteiger partial charge on any atom is -0.0166 e. The Morgan fingerprint density at radius 1 is 1.15 bits per heavy atom. The highest BCUT2D eigenvalue weighted by Crippen LogP contribution is 2.33. The van der Waals surface area contributed by atoms with Gasteiger partial charge in [-0.1, -0.05) is 30.7 Å². The van der Waals surface area contributed by atoms with Gasteiger partial charge in [0.1, 0.15) is 0 Å². The van der Waals surface area contributed by atoms with Crippen molar-refractivity contribution in [2.45, 2.75) is 45.4 Å². The monoisotopic (exact) mass is 176 g/mol. The summed E-state index contributed by atoms with van der Waals surface area (Å²) < 4.78 is 0. The van der Waals surface area contributed by atoms with E-state index < -0.39 is 0 Å². The molecule has 2 aliphatic carbocycles. The van der Waals surface area contributed by atoms with Crippen LogP contribution in [0.15, 0.2) is 23.8 Å². The van der Waals surface area contributed by atoms with Crippen LogP contribution in [0, 0.1) is 11.8 Å². The van der Waals surface area contributed by atoms with E-state index in [0.29, 0.717) is 0 Å². The Morgan fingerprint density at radius 3 is 2.69 bits per heavy atom. The zero-order valence-electron chi connectivity index (χ0n) is 8.63. The fraction of sp³-hybridized carbons (Fsp3) is 0.692. The summed E-state index contributed by atoms with van der Waals surface area (Å²) in [5.74, 6) is 1.83. The molecule has 2 aliphatic rings. The second-order valence-corrected chi connectivity index (χ2v) is 4.64. The van der Waals surface area contributed by atoms with Gasteiger partial charge in [0.25, 0.3) is 0 Å². The van der Waals surface area contributed by atoms with E-state index >= 15 is 0 Å². The minimum atomic E-state index is 0.900. The first-order valence-electron chi connectivity index (χ1n) is 5.70. The van der Waals surface area contributed by atoms with Crippen molar-refractivity contribution in [3.05, 3.63) is 23.8 Å². The first-order chi connectivity index (χ1) is 6.36. The molecule has 0 nitrogen and oxygen atoms in total. The van der Waals surface area contributed by atoms with Crippen molar-refractivity contribution in [1.82, 2.24) is 0 Å². The lowest BCUT2D eigenvalue weighted by atomic mass is 9.80. The molecule has 72 valence electrons. The van der Waals surface area contributed by atoms with Gasteiger partial charge in [-0.15, -0.1) is 0 Å². The van der Waals surface area contributed by atoms with Crippen molar-refractivity contribution in [3.8, 4) is 0 Å². The standard InChI is InChI=1S/C13H20/c1-11-7-9-13(10-8-11)12-5-3-2-4-6-12/h2-3,9,11-12H,4-8,10H2,1H3. The van der Waals surface area contributed by atoms with Crippen LogP contribution in [0.25, 0.3) is 0 Å². The molecule has 0 amide bonds. The average molecular weight is 176 g/mol. The van der Waals surface area contributed by atoms with Gasteiger partial charge in [0, 0.05) is 0 Å². The summed E-state index contributed by atoms with van der Waals surface area (Å²) in [7, 11) is 0. The normalized spacial score (nSPS) is 34.4. The summed E-state index contributed by atoms with van der Waals surface area (Å²) in [5, 5.41) is 0. The smallest absolute Gasteiger partial charge is 0.0166 e.